The van der Waals surface area contributed by atoms with E-state index in [2.05, 4.69) is 20.8 Å². The van der Waals surface area contributed by atoms with Crippen LogP contribution >= 0.6 is 11.8 Å². The number of hydrogen-bond donors (Lipinski definition) is 3. The predicted octanol–water partition coefficient (Wildman–Crippen LogP) is -0.200. The van der Waals surface area contributed by atoms with Gasteiger partial charge < -0.3 is 15.6 Å². The zero-order valence-corrected chi connectivity index (χ0v) is 11.3. The van der Waals surface area contributed by atoms with Crippen LogP contribution in [-0.4, -0.2) is 39.6 Å². The van der Waals surface area contributed by atoms with Crippen LogP contribution in [0.2, 0.25) is 0 Å². The zero-order valence-electron chi connectivity index (χ0n) is 10.5. The number of hydrogen-bond acceptors (Lipinski definition) is 7. The Hall–Kier alpha value is -2.49. The Balaban J connectivity index is 1.98. The molecule has 10 heteroatoms. The van der Waals surface area contributed by atoms with Gasteiger partial charge in [0.05, 0.1) is 12.0 Å². The maximum absolute atomic E-state index is 11.4. The number of nitrogen functional groups attached to an aromatic ring is 1. The lowest BCUT2D eigenvalue weighted by Crippen LogP contribution is -2.38. The van der Waals surface area contributed by atoms with E-state index >= 15 is 0 Å². The minimum atomic E-state index is -0.568. The molecule has 0 aliphatic heterocycles. The van der Waals surface area contributed by atoms with Gasteiger partial charge in [0.25, 0.3) is 0 Å². The van der Waals surface area contributed by atoms with Crippen molar-refractivity contribution >= 4 is 23.7 Å². The number of nitrogens with zero attached hydrogens (tertiary/aromatic N) is 3. The summed E-state index contributed by atoms with van der Waals surface area (Å²) in [5, 5.41) is 12.5. The third-order valence-electron chi connectivity index (χ3n) is 2.22. The number of rotatable bonds is 4. The van der Waals surface area contributed by atoms with E-state index in [0.717, 1.165) is 11.8 Å². The number of urea groups is 1. The Bertz CT molecular complexity index is 609. The molecule has 9 nitrogen and oxygen atoms in total. The van der Waals surface area contributed by atoms with Crippen LogP contribution in [0.1, 0.15) is 0 Å². The molecule has 20 heavy (non-hydrogen) atoms. The molecule has 0 atom stereocenters. The molecule has 0 aromatic carbocycles. The zero-order chi connectivity index (χ0) is 14.5. The van der Waals surface area contributed by atoms with Gasteiger partial charge in [-0.3, -0.25) is 10.1 Å². The number of amides is 3. The minimum Gasteiger partial charge on any atom is -0.461 e. The maximum Gasteiger partial charge on any atom is 0.321 e. The van der Waals surface area contributed by atoms with Crippen molar-refractivity contribution in [2.75, 3.05) is 18.6 Å². The molecule has 2 rings (SSSR count). The number of furan rings is 1. The van der Waals surface area contributed by atoms with Gasteiger partial charge in [-0.1, -0.05) is 11.8 Å². The number of carbonyl (C=O) groups is 2. The predicted molar refractivity (Wildman–Crippen MR) is 71.2 cm³/mol. The summed E-state index contributed by atoms with van der Waals surface area (Å²) >= 11 is 1.06. The van der Waals surface area contributed by atoms with Crippen molar-refractivity contribution in [1.82, 2.24) is 25.5 Å². The quantitative estimate of drug-likeness (QED) is 0.526. The highest BCUT2D eigenvalue weighted by Crippen LogP contribution is 2.21. The van der Waals surface area contributed by atoms with E-state index in [9.17, 15) is 9.59 Å². The molecule has 2 aromatic rings. The highest BCUT2D eigenvalue weighted by molar-refractivity contribution is 7.99. The fourth-order valence-electron chi connectivity index (χ4n) is 1.30. The lowest BCUT2D eigenvalue weighted by Gasteiger charge is -2.03. The molecule has 0 spiro atoms. The van der Waals surface area contributed by atoms with E-state index in [1.165, 1.54) is 18.0 Å². The molecule has 0 fully saturated rings. The van der Waals surface area contributed by atoms with Gasteiger partial charge in [0.2, 0.25) is 16.9 Å². The second-order valence-corrected chi connectivity index (χ2v) is 4.51. The van der Waals surface area contributed by atoms with E-state index in [-0.39, 0.29) is 5.75 Å². The largest absolute Gasteiger partial charge is 0.461 e. The summed E-state index contributed by atoms with van der Waals surface area (Å²) in [6.07, 6.45) is 1.49. The molecule has 4 N–H and O–H groups in total. The highest BCUT2D eigenvalue weighted by atomic mass is 32.2. The van der Waals surface area contributed by atoms with Crippen LogP contribution < -0.4 is 16.5 Å². The normalized spacial score (nSPS) is 10.2. The molecule has 0 unspecified atom stereocenters. The second kappa shape index (κ2) is 6.10. The van der Waals surface area contributed by atoms with Crippen LogP contribution in [0.25, 0.3) is 11.6 Å². The SMILES string of the molecule is CNC(=O)NC(=O)CSc1nnc(-c2ccco2)n1N. The summed E-state index contributed by atoms with van der Waals surface area (Å²) in [5.41, 5.74) is 0. The Labute approximate surface area is 117 Å². The molecule has 0 bridgehead atoms. The molecule has 0 radical (unpaired) electrons. The number of carbonyl (C=O) groups excluding carboxylic acids is 2. The number of thioether (sulfide) groups is 1. The van der Waals surface area contributed by atoms with Gasteiger partial charge in [0.15, 0.2) is 5.76 Å². The van der Waals surface area contributed by atoms with Crippen molar-refractivity contribution in [2.24, 2.45) is 0 Å². The van der Waals surface area contributed by atoms with Gasteiger partial charge in [0, 0.05) is 7.05 Å². The maximum atomic E-state index is 11.4. The molecule has 2 aromatic heterocycles. The van der Waals surface area contributed by atoms with Crippen molar-refractivity contribution in [1.29, 1.82) is 0 Å². The van der Waals surface area contributed by atoms with E-state index in [1.807, 2.05) is 0 Å². The molecular weight excluding hydrogens is 284 g/mol. The fourth-order valence-corrected chi connectivity index (χ4v) is 1.96. The van der Waals surface area contributed by atoms with Crippen LogP contribution in [0, 0.1) is 0 Å². The summed E-state index contributed by atoms with van der Waals surface area (Å²) in [4.78, 5) is 22.4. The monoisotopic (exact) mass is 296 g/mol. The average molecular weight is 296 g/mol. The van der Waals surface area contributed by atoms with Gasteiger partial charge in [-0.2, -0.15) is 0 Å². The molecule has 3 amide bonds. The van der Waals surface area contributed by atoms with Crippen LogP contribution in [-0.2, 0) is 4.79 Å². The Morgan fingerprint density at radius 2 is 2.30 bits per heavy atom. The van der Waals surface area contributed by atoms with Gasteiger partial charge in [0.1, 0.15) is 0 Å². The van der Waals surface area contributed by atoms with Crippen molar-refractivity contribution < 1.29 is 14.0 Å². The first kappa shape index (κ1) is 13.9. The van der Waals surface area contributed by atoms with Gasteiger partial charge in [-0.25, -0.2) is 9.47 Å². The van der Waals surface area contributed by atoms with Crippen molar-refractivity contribution in [3.63, 3.8) is 0 Å². The Morgan fingerprint density at radius 1 is 1.50 bits per heavy atom. The lowest BCUT2D eigenvalue weighted by atomic mass is 10.4. The van der Waals surface area contributed by atoms with E-state index in [1.54, 1.807) is 12.1 Å². The van der Waals surface area contributed by atoms with Crippen LogP contribution in [0.5, 0.6) is 0 Å². The molecule has 106 valence electrons. The molecule has 0 aliphatic carbocycles. The summed E-state index contributed by atoms with van der Waals surface area (Å²) in [6.45, 7) is 0. The number of aromatic nitrogens is 3. The van der Waals surface area contributed by atoms with E-state index < -0.39 is 11.9 Å². The third kappa shape index (κ3) is 3.09. The number of imide groups is 1. The first-order valence-electron chi connectivity index (χ1n) is 5.50. The number of nitrogens with two attached hydrogens (primary N) is 1. The Kier molecular flexibility index (Phi) is 4.25. The van der Waals surface area contributed by atoms with Crippen LogP contribution in [0.4, 0.5) is 4.79 Å². The van der Waals surface area contributed by atoms with Crippen molar-refractivity contribution in [2.45, 2.75) is 5.16 Å². The fraction of sp³-hybridized carbons (Fsp3) is 0.200. The van der Waals surface area contributed by atoms with Gasteiger partial charge >= 0.3 is 6.03 Å². The molecule has 0 saturated heterocycles. The topological polar surface area (TPSA) is 128 Å². The summed E-state index contributed by atoms with van der Waals surface area (Å²) < 4.78 is 6.38. The first-order chi connectivity index (χ1) is 9.61. The average Bonchev–Trinajstić information content (AvgIpc) is 3.06. The van der Waals surface area contributed by atoms with Crippen molar-refractivity contribution in [3.05, 3.63) is 18.4 Å². The highest BCUT2D eigenvalue weighted by Gasteiger charge is 2.15. The van der Waals surface area contributed by atoms with Crippen LogP contribution in [0.3, 0.4) is 0 Å². The molecule has 2 heterocycles. The lowest BCUT2D eigenvalue weighted by molar-refractivity contribution is -0.117. The minimum absolute atomic E-state index is 0.0130. The summed E-state index contributed by atoms with van der Waals surface area (Å²) in [7, 11) is 1.42. The smallest absolute Gasteiger partial charge is 0.321 e. The first-order valence-corrected chi connectivity index (χ1v) is 6.49. The van der Waals surface area contributed by atoms with Crippen LogP contribution in [0.15, 0.2) is 28.0 Å². The van der Waals surface area contributed by atoms with Crippen molar-refractivity contribution in [3.8, 4) is 11.6 Å². The van der Waals surface area contributed by atoms with E-state index in [4.69, 9.17) is 10.3 Å². The Morgan fingerprint density at radius 3 is 2.95 bits per heavy atom. The number of nitrogens with one attached hydrogen (secondary N) is 2. The summed E-state index contributed by atoms with van der Waals surface area (Å²) in [6, 6.07) is 2.83. The molecule has 0 saturated carbocycles. The molecular formula is C10H12N6O3S. The second-order valence-electron chi connectivity index (χ2n) is 3.57. The van der Waals surface area contributed by atoms with Gasteiger partial charge in [-0.15, -0.1) is 10.2 Å². The third-order valence-corrected chi connectivity index (χ3v) is 3.16. The van der Waals surface area contributed by atoms with E-state index in [0.29, 0.717) is 16.7 Å². The standard InChI is InChI=1S/C10H12N6O3S/c1-12-9(18)13-7(17)5-20-10-15-14-8(16(10)11)6-3-2-4-19-6/h2-4H,5,11H2,1H3,(H2,12,13,17,18). The molecule has 0 aliphatic rings. The van der Waals surface area contributed by atoms with Gasteiger partial charge in [-0.05, 0) is 12.1 Å². The summed E-state index contributed by atoms with van der Waals surface area (Å²) in [5.74, 6) is 6.16.